The molecule has 2 aromatic rings. The molecule has 0 aromatic carbocycles. The van der Waals surface area contributed by atoms with Crippen molar-refractivity contribution in [3.63, 3.8) is 0 Å². The molecule has 1 aliphatic heterocycles. The molecular weight excluding hydrogens is 236 g/mol. The fourth-order valence-corrected chi connectivity index (χ4v) is 1.96. The minimum absolute atomic E-state index is 0.267. The van der Waals surface area contributed by atoms with E-state index in [0.717, 1.165) is 13.0 Å². The molecule has 96 valence electrons. The van der Waals surface area contributed by atoms with Crippen LogP contribution in [0.4, 0.5) is 5.82 Å². The highest BCUT2D eigenvalue weighted by Crippen LogP contribution is 2.22. The topological polar surface area (TPSA) is 86.5 Å². The third-order valence-corrected chi connectivity index (χ3v) is 3.16. The number of aromatic nitrogens is 5. The first-order valence-corrected chi connectivity index (χ1v) is 5.74. The van der Waals surface area contributed by atoms with Gasteiger partial charge in [-0.2, -0.15) is 0 Å². The quantitative estimate of drug-likeness (QED) is 0.799. The first-order valence-electron chi connectivity index (χ1n) is 5.74. The highest BCUT2D eigenvalue weighted by atomic mass is 16.5. The summed E-state index contributed by atoms with van der Waals surface area (Å²) in [6.07, 6.45) is 0.879. The summed E-state index contributed by atoms with van der Waals surface area (Å²) in [7, 11) is 1.70. The van der Waals surface area contributed by atoms with Crippen LogP contribution in [-0.2, 0) is 9.47 Å². The molecule has 8 nitrogen and oxygen atoms in total. The molecule has 1 N–H and O–H groups in total. The molecule has 3 heterocycles. The number of tetrazole rings is 1. The van der Waals surface area contributed by atoms with E-state index in [1.54, 1.807) is 13.2 Å². The molecule has 0 aliphatic carbocycles. The van der Waals surface area contributed by atoms with Gasteiger partial charge >= 0.3 is 0 Å². The van der Waals surface area contributed by atoms with E-state index in [1.807, 2.05) is 6.07 Å². The Hall–Kier alpha value is -1.80. The van der Waals surface area contributed by atoms with Crippen LogP contribution in [0.15, 0.2) is 12.1 Å². The van der Waals surface area contributed by atoms with Crippen LogP contribution >= 0.6 is 0 Å². The van der Waals surface area contributed by atoms with Crippen LogP contribution in [0.2, 0.25) is 0 Å². The van der Waals surface area contributed by atoms with Crippen molar-refractivity contribution in [2.75, 3.05) is 32.2 Å². The van der Waals surface area contributed by atoms with Crippen molar-refractivity contribution in [2.24, 2.45) is 0 Å². The Kier molecular flexibility index (Phi) is 2.80. The molecule has 0 amide bonds. The van der Waals surface area contributed by atoms with Gasteiger partial charge in [0.15, 0.2) is 5.65 Å². The zero-order valence-corrected chi connectivity index (χ0v) is 10.0. The zero-order valence-electron chi connectivity index (χ0n) is 10.0. The maximum atomic E-state index is 5.53. The summed E-state index contributed by atoms with van der Waals surface area (Å²) < 4.78 is 12.3. The normalized spacial score (nSPS) is 23.6. The standard InChI is InChI=1S/C10H14N6O2/c1-17-10(4-5-18-7-10)6-11-8-2-3-9-12-14-15-16(9)13-8/h2-3H,4-7H2,1H3,(H,11,13). The molecule has 1 fully saturated rings. The summed E-state index contributed by atoms with van der Waals surface area (Å²) in [5.41, 5.74) is 0.350. The van der Waals surface area contributed by atoms with Crippen LogP contribution in [-0.4, -0.2) is 57.7 Å². The minimum Gasteiger partial charge on any atom is -0.378 e. The fraction of sp³-hybridized carbons (Fsp3) is 0.600. The molecule has 1 atom stereocenters. The van der Waals surface area contributed by atoms with Gasteiger partial charge < -0.3 is 14.8 Å². The Morgan fingerprint density at radius 1 is 1.56 bits per heavy atom. The van der Waals surface area contributed by atoms with Crippen molar-refractivity contribution in [3.05, 3.63) is 12.1 Å². The van der Waals surface area contributed by atoms with Gasteiger partial charge in [-0.25, -0.2) is 0 Å². The van der Waals surface area contributed by atoms with Crippen LogP contribution < -0.4 is 5.32 Å². The number of hydrogen-bond acceptors (Lipinski definition) is 7. The molecule has 2 aromatic heterocycles. The summed E-state index contributed by atoms with van der Waals surface area (Å²) in [6.45, 7) is 1.97. The van der Waals surface area contributed by atoms with Crippen LogP contribution in [0.25, 0.3) is 5.65 Å². The van der Waals surface area contributed by atoms with Crippen LogP contribution in [0, 0.1) is 0 Å². The van der Waals surface area contributed by atoms with E-state index in [2.05, 4.69) is 25.9 Å². The molecule has 3 rings (SSSR count). The van der Waals surface area contributed by atoms with Crippen molar-refractivity contribution in [1.82, 2.24) is 25.3 Å². The first-order chi connectivity index (χ1) is 8.81. The molecule has 0 saturated carbocycles. The Morgan fingerprint density at radius 2 is 2.50 bits per heavy atom. The van der Waals surface area contributed by atoms with E-state index in [4.69, 9.17) is 9.47 Å². The highest BCUT2D eigenvalue weighted by Gasteiger charge is 2.34. The molecule has 1 saturated heterocycles. The van der Waals surface area contributed by atoms with Gasteiger partial charge in [0, 0.05) is 26.7 Å². The average Bonchev–Trinajstić information content (AvgIpc) is 3.05. The lowest BCUT2D eigenvalue weighted by Gasteiger charge is -2.25. The lowest BCUT2D eigenvalue weighted by Crippen LogP contribution is -2.39. The van der Waals surface area contributed by atoms with E-state index in [0.29, 0.717) is 24.6 Å². The van der Waals surface area contributed by atoms with Gasteiger partial charge in [-0.1, -0.05) is 0 Å². The number of ether oxygens (including phenoxy) is 2. The monoisotopic (exact) mass is 250 g/mol. The Bertz CT molecular complexity index is 536. The number of nitrogens with one attached hydrogen (secondary N) is 1. The summed E-state index contributed by atoms with van der Waals surface area (Å²) in [5.74, 6) is 0.707. The van der Waals surface area contributed by atoms with Gasteiger partial charge in [0.05, 0.1) is 6.61 Å². The van der Waals surface area contributed by atoms with Crippen molar-refractivity contribution in [2.45, 2.75) is 12.0 Å². The molecule has 0 radical (unpaired) electrons. The maximum Gasteiger partial charge on any atom is 0.200 e. The minimum atomic E-state index is -0.267. The lowest BCUT2D eigenvalue weighted by atomic mass is 10.0. The van der Waals surface area contributed by atoms with Gasteiger partial charge in [-0.3, -0.25) is 0 Å². The van der Waals surface area contributed by atoms with Crippen molar-refractivity contribution >= 4 is 11.5 Å². The van der Waals surface area contributed by atoms with E-state index < -0.39 is 0 Å². The number of anilines is 1. The fourth-order valence-electron chi connectivity index (χ4n) is 1.96. The van der Waals surface area contributed by atoms with E-state index in [1.165, 1.54) is 4.63 Å². The van der Waals surface area contributed by atoms with Crippen molar-refractivity contribution in [1.29, 1.82) is 0 Å². The summed E-state index contributed by atoms with van der Waals surface area (Å²) in [6, 6.07) is 3.64. The second-order valence-corrected chi connectivity index (χ2v) is 4.29. The molecule has 1 unspecified atom stereocenters. The van der Waals surface area contributed by atoms with E-state index in [9.17, 15) is 0 Å². The van der Waals surface area contributed by atoms with Crippen LogP contribution in [0.1, 0.15) is 6.42 Å². The van der Waals surface area contributed by atoms with Crippen LogP contribution in [0.3, 0.4) is 0 Å². The maximum absolute atomic E-state index is 5.53. The van der Waals surface area contributed by atoms with Crippen molar-refractivity contribution < 1.29 is 9.47 Å². The van der Waals surface area contributed by atoms with Gasteiger partial charge in [-0.05, 0) is 22.6 Å². The second kappa shape index (κ2) is 4.46. The zero-order chi connectivity index (χ0) is 12.4. The predicted octanol–water partition coefficient (Wildman–Crippen LogP) is -0.263. The molecule has 0 bridgehead atoms. The summed E-state index contributed by atoms with van der Waals surface area (Å²) >= 11 is 0. The first kappa shape index (κ1) is 11.3. The second-order valence-electron chi connectivity index (χ2n) is 4.29. The number of fused-ring (bicyclic) bond motifs is 1. The third-order valence-electron chi connectivity index (χ3n) is 3.16. The van der Waals surface area contributed by atoms with Crippen molar-refractivity contribution in [3.8, 4) is 0 Å². The number of hydrogen-bond donors (Lipinski definition) is 1. The SMILES string of the molecule is COC1(CNc2ccc3nnnn3n2)CCOC1. The number of rotatable bonds is 4. The van der Waals surface area contributed by atoms with Gasteiger partial charge in [0.1, 0.15) is 11.4 Å². The molecule has 18 heavy (non-hydrogen) atoms. The van der Waals surface area contributed by atoms with Crippen LogP contribution in [0.5, 0.6) is 0 Å². The number of methoxy groups -OCH3 is 1. The van der Waals surface area contributed by atoms with Gasteiger partial charge in [-0.15, -0.1) is 14.8 Å². The summed E-state index contributed by atoms with van der Waals surface area (Å²) in [4.78, 5) is 0. The Morgan fingerprint density at radius 3 is 3.28 bits per heavy atom. The van der Waals surface area contributed by atoms with E-state index >= 15 is 0 Å². The van der Waals surface area contributed by atoms with E-state index in [-0.39, 0.29) is 5.60 Å². The van der Waals surface area contributed by atoms with Gasteiger partial charge in [0.2, 0.25) is 0 Å². The molecule has 1 aliphatic rings. The third kappa shape index (κ3) is 2.00. The smallest absolute Gasteiger partial charge is 0.200 e. The number of nitrogens with zero attached hydrogens (tertiary/aromatic N) is 5. The molecule has 8 heteroatoms. The lowest BCUT2D eigenvalue weighted by molar-refractivity contribution is -0.00626. The largest absolute Gasteiger partial charge is 0.378 e. The predicted molar refractivity (Wildman–Crippen MR) is 62.2 cm³/mol. The van der Waals surface area contributed by atoms with Gasteiger partial charge in [0.25, 0.3) is 0 Å². The average molecular weight is 250 g/mol. The Labute approximate surface area is 103 Å². The molecule has 0 spiro atoms. The molecular formula is C10H14N6O2. The highest BCUT2D eigenvalue weighted by molar-refractivity contribution is 5.42. The Balaban J connectivity index is 1.72. The summed E-state index contributed by atoms with van der Waals surface area (Å²) in [5, 5.41) is 18.5.